The van der Waals surface area contributed by atoms with E-state index in [-0.39, 0.29) is 0 Å². The monoisotopic (exact) mass is 672 g/mol. The Kier molecular flexibility index (Phi) is 6.62. The van der Waals surface area contributed by atoms with Gasteiger partial charge in [-0.3, -0.25) is 0 Å². The Balaban J connectivity index is 0.923. The number of fused-ring (bicyclic) bond motifs is 3. The molecule has 0 atom stereocenters. The summed E-state index contributed by atoms with van der Waals surface area (Å²) in [5, 5.41) is 10.1. The van der Waals surface area contributed by atoms with Gasteiger partial charge in [-0.2, -0.15) is 0 Å². The molecule has 11 rings (SSSR count). The lowest BCUT2D eigenvalue weighted by Crippen LogP contribution is -1.89. The van der Waals surface area contributed by atoms with Gasteiger partial charge in [0.15, 0.2) is 0 Å². The van der Waals surface area contributed by atoms with Crippen LogP contribution in [0, 0.1) is 0 Å². The molecule has 11 aromatic rings. The van der Waals surface area contributed by atoms with E-state index in [0.29, 0.717) is 0 Å². The minimum Gasteiger partial charge on any atom is -0.455 e. The van der Waals surface area contributed by atoms with Crippen molar-refractivity contribution in [2.24, 2.45) is 0 Å². The van der Waals surface area contributed by atoms with Crippen LogP contribution in [0.1, 0.15) is 0 Å². The van der Waals surface area contributed by atoms with Crippen LogP contribution >= 0.6 is 0 Å². The molecule has 0 fully saturated rings. The van der Waals surface area contributed by atoms with E-state index < -0.39 is 0 Å². The second-order valence-corrected chi connectivity index (χ2v) is 14.0. The molecular weight excluding hydrogens is 641 g/mol. The molecule has 0 amide bonds. The Labute approximate surface area is 307 Å². The maximum atomic E-state index is 6.42. The lowest BCUT2D eigenvalue weighted by Gasteiger charge is -2.16. The summed E-state index contributed by atoms with van der Waals surface area (Å²) in [5.74, 6) is 0. The van der Waals surface area contributed by atoms with Crippen molar-refractivity contribution >= 4 is 54.3 Å². The van der Waals surface area contributed by atoms with E-state index in [4.69, 9.17) is 4.42 Å². The van der Waals surface area contributed by atoms with Gasteiger partial charge in [0.2, 0.25) is 0 Å². The van der Waals surface area contributed by atoms with Crippen molar-refractivity contribution in [1.82, 2.24) is 0 Å². The second-order valence-electron chi connectivity index (χ2n) is 14.0. The lowest BCUT2D eigenvalue weighted by molar-refractivity contribution is 0.670. The van der Waals surface area contributed by atoms with Crippen LogP contribution in [0.4, 0.5) is 0 Å². The summed E-state index contributed by atoms with van der Waals surface area (Å²) in [5.41, 5.74) is 13.9. The molecular formula is C52H32O. The first-order valence-corrected chi connectivity index (χ1v) is 18.2. The summed E-state index contributed by atoms with van der Waals surface area (Å²) in [6, 6.07) is 70.4. The molecule has 1 aromatic heterocycles. The van der Waals surface area contributed by atoms with Crippen molar-refractivity contribution in [3.05, 3.63) is 194 Å². The third-order valence-corrected chi connectivity index (χ3v) is 11.1. The topological polar surface area (TPSA) is 13.1 Å². The third-order valence-electron chi connectivity index (χ3n) is 11.1. The van der Waals surface area contributed by atoms with Crippen LogP contribution in [0.25, 0.3) is 110 Å². The second kappa shape index (κ2) is 11.8. The van der Waals surface area contributed by atoms with Crippen molar-refractivity contribution in [3.63, 3.8) is 0 Å². The highest BCUT2D eigenvalue weighted by Crippen LogP contribution is 2.43. The zero-order valence-electron chi connectivity index (χ0n) is 28.9. The van der Waals surface area contributed by atoms with Crippen LogP contribution in [0.3, 0.4) is 0 Å². The minimum atomic E-state index is 0.908. The molecule has 0 spiro atoms. The zero-order chi connectivity index (χ0) is 34.9. The number of para-hydroxylation sites is 1. The van der Waals surface area contributed by atoms with Crippen LogP contribution in [0.5, 0.6) is 0 Å². The maximum absolute atomic E-state index is 6.42. The molecule has 0 bridgehead atoms. The maximum Gasteiger partial charge on any atom is 0.143 e. The number of rotatable bonds is 5. The van der Waals surface area contributed by atoms with Crippen LogP contribution in [0.2, 0.25) is 0 Å². The van der Waals surface area contributed by atoms with Crippen LogP contribution in [-0.4, -0.2) is 0 Å². The Bertz CT molecular complexity index is 3120. The lowest BCUT2D eigenvalue weighted by atomic mass is 9.87. The first-order chi connectivity index (χ1) is 26.3. The summed E-state index contributed by atoms with van der Waals surface area (Å²) < 4.78 is 6.42. The van der Waals surface area contributed by atoms with Gasteiger partial charge in [-0.1, -0.05) is 182 Å². The van der Waals surface area contributed by atoms with Gasteiger partial charge < -0.3 is 4.42 Å². The fourth-order valence-electron chi connectivity index (χ4n) is 8.44. The molecule has 1 nitrogen and oxygen atoms in total. The van der Waals surface area contributed by atoms with Gasteiger partial charge in [0.1, 0.15) is 11.2 Å². The summed E-state index contributed by atoms with van der Waals surface area (Å²) >= 11 is 0. The summed E-state index contributed by atoms with van der Waals surface area (Å²) in [7, 11) is 0. The number of hydrogen-bond acceptors (Lipinski definition) is 1. The van der Waals surface area contributed by atoms with Gasteiger partial charge in [0.25, 0.3) is 0 Å². The van der Waals surface area contributed by atoms with Crippen LogP contribution in [-0.2, 0) is 0 Å². The fourth-order valence-corrected chi connectivity index (χ4v) is 8.44. The van der Waals surface area contributed by atoms with Gasteiger partial charge in [-0.15, -0.1) is 0 Å². The van der Waals surface area contributed by atoms with Gasteiger partial charge in [-0.05, 0) is 94.5 Å². The normalized spacial score (nSPS) is 11.8. The first-order valence-electron chi connectivity index (χ1n) is 18.2. The van der Waals surface area contributed by atoms with Crippen molar-refractivity contribution in [2.45, 2.75) is 0 Å². The Hall–Kier alpha value is -6.96. The molecule has 0 saturated carbocycles. The van der Waals surface area contributed by atoms with Crippen molar-refractivity contribution in [3.8, 4) is 55.6 Å². The molecule has 0 unspecified atom stereocenters. The van der Waals surface area contributed by atoms with Crippen LogP contribution < -0.4 is 0 Å². The Morgan fingerprint density at radius 3 is 1.32 bits per heavy atom. The SMILES string of the molecule is c1ccc(-c2ccc3ccc4c(-c5ccc(-c6ccc(-c7ccc8oc9c(-c%10ccccc%10)cccc9c8c7)cc6)cc5)ccc5ccc2c3c54)cc1. The van der Waals surface area contributed by atoms with E-state index in [2.05, 4.69) is 188 Å². The zero-order valence-corrected chi connectivity index (χ0v) is 28.9. The quantitative estimate of drug-likeness (QED) is 0.166. The first kappa shape index (κ1) is 29.7. The molecule has 0 aliphatic rings. The summed E-state index contributed by atoms with van der Waals surface area (Å²) in [4.78, 5) is 0. The summed E-state index contributed by atoms with van der Waals surface area (Å²) in [6.07, 6.45) is 0. The molecule has 1 heteroatoms. The highest BCUT2D eigenvalue weighted by atomic mass is 16.3. The molecule has 0 aliphatic carbocycles. The van der Waals surface area contributed by atoms with Gasteiger partial charge in [0, 0.05) is 16.3 Å². The predicted octanol–water partition coefficient (Wildman–Crippen LogP) is 14.8. The molecule has 0 N–H and O–H groups in total. The predicted molar refractivity (Wildman–Crippen MR) is 225 cm³/mol. The van der Waals surface area contributed by atoms with E-state index >= 15 is 0 Å². The molecule has 246 valence electrons. The van der Waals surface area contributed by atoms with Crippen molar-refractivity contribution in [2.75, 3.05) is 0 Å². The van der Waals surface area contributed by atoms with Crippen molar-refractivity contribution in [1.29, 1.82) is 0 Å². The van der Waals surface area contributed by atoms with E-state index in [1.165, 1.54) is 76.8 Å². The number of hydrogen-bond donors (Lipinski definition) is 0. The Morgan fingerprint density at radius 2 is 0.736 bits per heavy atom. The standard InChI is InChI=1S/C52H32O/c1-3-8-36(9-4-1)42-27-22-39-25-30-46-43(28-23-40-24-29-45(42)50(39)51(40)46)38-20-18-34(19-21-38)33-14-16-35(17-15-33)41-26-31-49-48(32-41)47-13-7-12-44(52(47)53-49)37-10-5-2-6-11-37/h1-32H. The van der Waals surface area contributed by atoms with E-state index in [1.54, 1.807) is 0 Å². The van der Waals surface area contributed by atoms with Crippen LogP contribution in [0.15, 0.2) is 199 Å². The average molecular weight is 673 g/mol. The van der Waals surface area contributed by atoms with E-state index in [9.17, 15) is 0 Å². The van der Waals surface area contributed by atoms with E-state index in [1.807, 2.05) is 6.07 Å². The molecule has 1 heterocycles. The molecule has 0 radical (unpaired) electrons. The molecule has 10 aromatic carbocycles. The average Bonchev–Trinajstić information content (AvgIpc) is 3.62. The number of furan rings is 1. The fraction of sp³-hybridized carbons (Fsp3) is 0. The molecule has 0 aliphatic heterocycles. The molecule has 53 heavy (non-hydrogen) atoms. The van der Waals surface area contributed by atoms with Gasteiger partial charge in [0.05, 0.1) is 0 Å². The highest BCUT2D eigenvalue weighted by Gasteiger charge is 2.16. The highest BCUT2D eigenvalue weighted by molar-refractivity contribution is 6.27. The third kappa shape index (κ3) is 4.79. The Morgan fingerprint density at radius 1 is 0.264 bits per heavy atom. The van der Waals surface area contributed by atoms with E-state index in [0.717, 1.165) is 33.1 Å². The smallest absolute Gasteiger partial charge is 0.143 e. The molecule has 0 saturated heterocycles. The van der Waals surface area contributed by atoms with Gasteiger partial charge in [-0.25, -0.2) is 0 Å². The van der Waals surface area contributed by atoms with Crippen molar-refractivity contribution < 1.29 is 4.42 Å². The number of benzene rings is 10. The summed E-state index contributed by atoms with van der Waals surface area (Å²) in [6.45, 7) is 0. The van der Waals surface area contributed by atoms with Gasteiger partial charge >= 0.3 is 0 Å². The largest absolute Gasteiger partial charge is 0.455 e. The minimum absolute atomic E-state index is 0.908.